The highest BCUT2D eigenvalue weighted by Crippen LogP contribution is 2.46. The number of alkyl halides is 6. The van der Waals surface area contributed by atoms with Gasteiger partial charge in [0.2, 0.25) is 0 Å². The van der Waals surface area contributed by atoms with Crippen LogP contribution in [-0.2, 0) is 9.53 Å². The van der Waals surface area contributed by atoms with Crippen LogP contribution in [-0.4, -0.2) is 35.1 Å². The highest BCUT2D eigenvalue weighted by Gasteiger charge is 2.70. The van der Waals surface area contributed by atoms with Crippen molar-refractivity contribution in [1.82, 2.24) is 0 Å². The van der Waals surface area contributed by atoms with Gasteiger partial charge in [-0.25, -0.2) is 0 Å². The lowest BCUT2D eigenvalue weighted by Crippen LogP contribution is -2.58. The molecule has 0 heterocycles. The molecular formula is C13H20F6O3. The summed E-state index contributed by atoms with van der Waals surface area (Å²) >= 11 is 0. The molecule has 0 aromatic heterocycles. The van der Waals surface area contributed by atoms with Crippen LogP contribution in [0, 0.1) is 5.41 Å². The van der Waals surface area contributed by atoms with E-state index in [0.717, 1.165) is 6.92 Å². The molecule has 0 rings (SSSR count). The molecule has 0 aliphatic carbocycles. The number of carbonyl (C=O) groups excluding carboxylic acids is 1. The van der Waals surface area contributed by atoms with E-state index in [0.29, 0.717) is 12.8 Å². The summed E-state index contributed by atoms with van der Waals surface area (Å²) in [5.41, 5.74) is -5.95. The molecule has 0 radical (unpaired) electrons. The lowest BCUT2D eigenvalue weighted by Gasteiger charge is -2.34. The van der Waals surface area contributed by atoms with Crippen molar-refractivity contribution in [3.8, 4) is 0 Å². The first-order valence-electron chi connectivity index (χ1n) is 6.65. The normalized spacial score (nSPS) is 15.6. The minimum atomic E-state index is -5.93. The number of hydrogen-bond donors (Lipinski definition) is 1. The van der Waals surface area contributed by atoms with Crippen LogP contribution >= 0.6 is 0 Å². The fourth-order valence-electron chi connectivity index (χ4n) is 1.92. The molecule has 1 N–H and O–H groups in total. The van der Waals surface area contributed by atoms with Crippen LogP contribution < -0.4 is 0 Å². The summed E-state index contributed by atoms with van der Waals surface area (Å²) in [5, 5.41) is 9.03. The highest BCUT2D eigenvalue weighted by atomic mass is 19.4. The third kappa shape index (κ3) is 4.76. The molecule has 1 unspecified atom stereocenters. The number of hydrogen-bond acceptors (Lipinski definition) is 3. The Morgan fingerprint density at radius 2 is 1.50 bits per heavy atom. The summed E-state index contributed by atoms with van der Waals surface area (Å²) in [6.45, 7) is 5.60. The van der Waals surface area contributed by atoms with E-state index in [1.165, 1.54) is 13.8 Å². The molecule has 0 spiro atoms. The first-order valence-corrected chi connectivity index (χ1v) is 6.65. The molecule has 0 aromatic carbocycles. The maximum absolute atomic E-state index is 12.5. The lowest BCUT2D eigenvalue weighted by molar-refractivity contribution is -0.373. The first kappa shape index (κ1) is 21.0. The van der Waals surface area contributed by atoms with E-state index in [1.54, 1.807) is 6.92 Å². The van der Waals surface area contributed by atoms with Crippen molar-refractivity contribution in [2.75, 3.05) is 0 Å². The van der Waals surface area contributed by atoms with Gasteiger partial charge in [-0.2, -0.15) is 26.3 Å². The van der Waals surface area contributed by atoms with Crippen molar-refractivity contribution in [3.63, 3.8) is 0 Å². The van der Waals surface area contributed by atoms with Gasteiger partial charge in [0.05, 0.1) is 5.41 Å². The van der Waals surface area contributed by atoms with Gasteiger partial charge in [0, 0.05) is 6.42 Å². The maximum atomic E-state index is 12.5. The summed E-state index contributed by atoms with van der Waals surface area (Å²) in [4.78, 5) is 11.8. The topological polar surface area (TPSA) is 46.5 Å². The van der Waals surface area contributed by atoms with Crippen LogP contribution in [0.3, 0.4) is 0 Å². The van der Waals surface area contributed by atoms with E-state index in [4.69, 9.17) is 5.11 Å². The largest absolute Gasteiger partial charge is 0.462 e. The molecule has 132 valence electrons. The van der Waals surface area contributed by atoms with Crippen molar-refractivity contribution in [2.24, 2.45) is 5.41 Å². The highest BCUT2D eigenvalue weighted by molar-refractivity contribution is 5.76. The van der Waals surface area contributed by atoms with Crippen molar-refractivity contribution < 1.29 is 41.0 Å². The Hall–Kier alpha value is -0.990. The van der Waals surface area contributed by atoms with Crippen molar-refractivity contribution in [1.29, 1.82) is 0 Å². The van der Waals surface area contributed by atoms with Crippen LogP contribution in [0.2, 0.25) is 0 Å². The molecule has 22 heavy (non-hydrogen) atoms. The number of esters is 1. The van der Waals surface area contributed by atoms with Crippen LogP contribution in [0.25, 0.3) is 0 Å². The van der Waals surface area contributed by atoms with Gasteiger partial charge in [0.25, 0.3) is 5.60 Å². The van der Waals surface area contributed by atoms with Gasteiger partial charge in [-0.05, 0) is 27.2 Å². The Balaban J connectivity index is 5.10. The van der Waals surface area contributed by atoms with E-state index in [1.807, 2.05) is 0 Å². The second-order valence-electron chi connectivity index (χ2n) is 5.91. The summed E-state index contributed by atoms with van der Waals surface area (Å²) in [6, 6.07) is 0. The number of carbonyl (C=O) groups is 1. The molecule has 0 amide bonds. The van der Waals surface area contributed by atoms with Crippen molar-refractivity contribution in [2.45, 2.75) is 71.0 Å². The lowest BCUT2D eigenvalue weighted by atomic mass is 9.88. The zero-order valence-electron chi connectivity index (χ0n) is 12.7. The maximum Gasteiger partial charge on any atom is 0.426 e. The van der Waals surface area contributed by atoms with Crippen LogP contribution in [0.5, 0.6) is 0 Å². The molecule has 1 atom stereocenters. The van der Waals surface area contributed by atoms with Crippen LogP contribution in [0.1, 0.15) is 47.0 Å². The molecule has 3 nitrogen and oxygen atoms in total. The first-order chi connectivity index (χ1) is 9.58. The molecule has 0 saturated heterocycles. The second-order valence-corrected chi connectivity index (χ2v) is 5.91. The Kier molecular flexibility index (Phi) is 6.34. The van der Waals surface area contributed by atoms with Crippen molar-refractivity contribution >= 4 is 5.97 Å². The predicted octanol–water partition coefficient (Wildman–Crippen LogP) is 3.99. The molecule has 9 heteroatoms. The van der Waals surface area contributed by atoms with Crippen LogP contribution in [0.15, 0.2) is 0 Å². The summed E-state index contributed by atoms with van der Waals surface area (Å²) in [7, 11) is 0. The molecule has 0 saturated carbocycles. The molecule has 0 bridgehead atoms. The standard InChI is InChI=1S/C13H20F6O3/c1-5-6-10(3,4)9(20)22-8(2)7-11(21,12(14,15)16)13(17,18)19/h8,21H,5-7H2,1-4H3. The Bertz CT molecular complexity index is 372. The van der Waals surface area contributed by atoms with Gasteiger partial charge in [-0.15, -0.1) is 0 Å². The van der Waals surface area contributed by atoms with E-state index in [-0.39, 0.29) is 0 Å². The average Bonchev–Trinajstić information content (AvgIpc) is 2.25. The Morgan fingerprint density at radius 3 is 1.82 bits per heavy atom. The molecular weight excluding hydrogens is 318 g/mol. The predicted molar refractivity (Wildman–Crippen MR) is 65.9 cm³/mol. The Morgan fingerprint density at radius 1 is 1.09 bits per heavy atom. The van der Waals surface area contributed by atoms with E-state index < -0.39 is 41.9 Å². The third-order valence-electron chi connectivity index (χ3n) is 3.26. The number of ether oxygens (including phenoxy) is 1. The van der Waals surface area contributed by atoms with Gasteiger partial charge in [-0.1, -0.05) is 13.3 Å². The van der Waals surface area contributed by atoms with Crippen LogP contribution in [0.4, 0.5) is 26.3 Å². The number of halogens is 6. The number of aliphatic hydroxyl groups is 1. The second kappa shape index (κ2) is 6.64. The summed E-state index contributed by atoms with van der Waals surface area (Å²) < 4.78 is 79.9. The fraction of sp³-hybridized carbons (Fsp3) is 0.923. The average molecular weight is 338 g/mol. The quantitative estimate of drug-likeness (QED) is 0.588. The van der Waals surface area contributed by atoms with E-state index in [2.05, 4.69) is 4.74 Å². The molecule has 0 fully saturated rings. The fourth-order valence-corrected chi connectivity index (χ4v) is 1.92. The molecule has 0 aliphatic heterocycles. The zero-order valence-corrected chi connectivity index (χ0v) is 12.7. The minimum Gasteiger partial charge on any atom is -0.462 e. The number of rotatable bonds is 6. The third-order valence-corrected chi connectivity index (χ3v) is 3.26. The van der Waals surface area contributed by atoms with Gasteiger partial charge in [0.15, 0.2) is 0 Å². The molecule has 0 aromatic rings. The molecule has 0 aliphatic rings. The Labute approximate surface area is 124 Å². The van der Waals surface area contributed by atoms with Gasteiger partial charge in [-0.3, -0.25) is 4.79 Å². The minimum absolute atomic E-state index is 0.362. The van der Waals surface area contributed by atoms with Gasteiger partial charge < -0.3 is 9.84 Å². The van der Waals surface area contributed by atoms with Crippen molar-refractivity contribution in [3.05, 3.63) is 0 Å². The smallest absolute Gasteiger partial charge is 0.426 e. The zero-order chi connectivity index (χ0) is 18.0. The van der Waals surface area contributed by atoms with Gasteiger partial charge >= 0.3 is 18.3 Å². The van der Waals surface area contributed by atoms with E-state index in [9.17, 15) is 31.1 Å². The van der Waals surface area contributed by atoms with E-state index >= 15 is 0 Å². The van der Waals surface area contributed by atoms with Gasteiger partial charge in [0.1, 0.15) is 6.10 Å². The monoisotopic (exact) mass is 338 g/mol. The summed E-state index contributed by atoms with van der Waals surface area (Å²) in [6.07, 6.45) is -14.5. The SMILES string of the molecule is CCCC(C)(C)C(=O)OC(C)CC(O)(C(F)(F)F)C(F)(F)F. The summed E-state index contributed by atoms with van der Waals surface area (Å²) in [5.74, 6) is -0.909.